The summed E-state index contributed by atoms with van der Waals surface area (Å²) in [5.41, 5.74) is 2.97. The number of aryl methyl sites for hydroxylation is 1. The number of carbonyl (C=O) groups excluding carboxylic acids is 1. The van der Waals surface area contributed by atoms with Crippen LogP contribution in [0.4, 0.5) is 5.13 Å². The number of ether oxygens (including phenoxy) is 1. The highest BCUT2D eigenvalue weighted by molar-refractivity contribution is 7.89. The molecular weight excluding hydrogens is 420 g/mol. The quantitative estimate of drug-likeness (QED) is 0.508. The van der Waals surface area contributed by atoms with E-state index >= 15 is 0 Å². The number of benzene rings is 1. The number of aliphatic carboxylic acids is 1. The molecule has 0 radical (unpaired) electrons. The SMILES string of the molecule is O=C(O)CCc1ccc(S(=O)(=O)NNC(=O)c2csc(N3CCOCC3)n2)cc1. The lowest BCUT2D eigenvalue weighted by molar-refractivity contribution is -0.136. The predicted molar refractivity (Wildman–Crippen MR) is 105 cm³/mol. The third-order valence-corrected chi connectivity index (χ3v) is 6.33. The van der Waals surface area contributed by atoms with Gasteiger partial charge in [-0.05, 0) is 24.1 Å². The van der Waals surface area contributed by atoms with Gasteiger partial charge < -0.3 is 14.7 Å². The lowest BCUT2D eigenvalue weighted by atomic mass is 10.1. The van der Waals surface area contributed by atoms with Gasteiger partial charge in [0.25, 0.3) is 15.9 Å². The van der Waals surface area contributed by atoms with Gasteiger partial charge in [0.1, 0.15) is 5.69 Å². The standard InChI is InChI=1S/C17H20N4O6S2/c22-15(23)6-3-12-1-4-13(5-2-12)29(25,26)20-19-16(24)14-11-28-17(18-14)21-7-9-27-10-8-21/h1-2,4-5,11,20H,3,6-10H2,(H,19,24)(H,22,23). The van der Waals surface area contributed by atoms with Crippen LogP contribution in [0.1, 0.15) is 22.5 Å². The number of amides is 1. The lowest BCUT2D eigenvalue weighted by Gasteiger charge is -2.25. The fourth-order valence-corrected chi connectivity index (χ4v) is 4.29. The van der Waals surface area contributed by atoms with Gasteiger partial charge >= 0.3 is 5.97 Å². The van der Waals surface area contributed by atoms with Crippen molar-refractivity contribution in [3.05, 3.63) is 40.9 Å². The molecule has 3 N–H and O–H groups in total. The van der Waals surface area contributed by atoms with E-state index in [2.05, 4.69) is 10.4 Å². The molecule has 0 bridgehead atoms. The average molecular weight is 441 g/mol. The Morgan fingerprint density at radius 2 is 1.90 bits per heavy atom. The molecule has 0 unspecified atom stereocenters. The summed E-state index contributed by atoms with van der Waals surface area (Å²) in [6.07, 6.45) is 0.260. The van der Waals surface area contributed by atoms with Gasteiger partial charge in [0, 0.05) is 24.9 Å². The van der Waals surface area contributed by atoms with Crippen molar-refractivity contribution in [2.24, 2.45) is 0 Å². The van der Waals surface area contributed by atoms with Crippen LogP contribution in [0, 0.1) is 0 Å². The van der Waals surface area contributed by atoms with Gasteiger partial charge in [0.2, 0.25) is 0 Å². The molecule has 156 valence electrons. The number of carbonyl (C=O) groups is 2. The molecule has 29 heavy (non-hydrogen) atoms. The average Bonchev–Trinajstić information content (AvgIpc) is 3.22. The molecule has 1 aromatic carbocycles. The number of hydrazine groups is 1. The zero-order valence-corrected chi connectivity index (χ0v) is 17.0. The van der Waals surface area contributed by atoms with Crippen LogP contribution >= 0.6 is 11.3 Å². The zero-order valence-electron chi connectivity index (χ0n) is 15.3. The first kappa shape index (κ1) is 21.2. The Morgan fingerprint density at radius 1 is 1.21 bits per heavy atom. The molecule has 1 aliphatic heterocycles. The number of hydrogen-bond donors (Lipinski definition) is 3. The highest BCUT2D eigenvalue weighted by Gasteiger charge is 2.20. The molecule has 1 saturated heterocycles. The topological polar surface area (TPSA) is 138 Å². The summed E-state index contributed by atoms with van der Waals surface area (Å²) >= 11 is 1.30. The number of nitrogens with one attached hydrogen (secondary N) is 2. The summed E-state index contributed by atoms with van der Waals surface area (Å²) in [6.45, 7) is 2.55. The molecule has 2 heterocycles. The molecule has 1 fully saturated rings. The molecule has 0 aliphatic carbocycles. The van der Waals surface area contributed by atoms with Gasteiger partial charge in [-0.1, -0.05) is 12.1 Å². The molecule has 1 amide bonds. The fraction of sp³-hybridized carbons (Fsp3) is 0.353. The Bertz CT molecular complexity index is 968. The minimum atomic E-state index is -3.97. The van der Waals surface area contributed by atoms with E-state index in [1.165, 1.54) is 35.6 Å². The van der Waals surface area contributed by atoms with Gasteiger partial charge in [-0.3, -0.25) is 15.0 Å². The summed E-state index contributed by atoms with van der Waals surface area (Å²) in [4.78, 5) is 31.1. The second-order valence-electron chi connectivity index (χ2n) is 6.21. The molecule has 0 saturated carbocycles. The van der Waals surface area contributed by atoms with Crippen LogP contribution < -0.4 is 15.2 Å². The van der Waals surface area contributed by atoms with Gasteiger partial charge in [0.15, 0.2) is 5.13 Å². The van der Waals surface area contributed by atoms with Crippen LogP contribution in [0.15, 0.2) is 34.5 Å². The third kappa shape index (κ3) is 5.73. The van der Waals surface area contributed by atoms with Crippen LogP contribution in [0.3, 0.4) is 0 Å². The second kappa shape index (κ2) is 9.31. The molecule has 10 nitrogen and oxygen atoms in total. The minimum absolute atomic E-state index is 0.0412. The van der Waals surface area contributed by atoms with Crippen molar-refractivity contribution in [2.75, 3.05) is 31.2 Å². The summed E-state index contributed by atoms with van der Waals surface area (Å²) in [5, 5.41) is 10.9. The highest BCUT2D eigenvalue weighted by atomic mass is 32.2. The van der Waals surface area contributed by atoms with Gasteiger partial charge in [0.05, 0.1) is 18.1 Å². The van der Waals surface area contributed by atoms with E-state index in [0.717, 1.165) is 0 Å². The molecule has 3 rings (SSSR count). The maximum absolute atomic E-state index is 12.3. The van der Waals surface area contributed by atoms with Crippen molar-refractivity contribution in [3.63, 3.8) is 0 Å². The summed E-state index contributed by atoms with van der Waals surface area (Å²) in [5.74, 6) is -1.59. The van der Waals surface area contributed by atoms with E-state index in [4.69, 9.17) is 9.84 Å². The maximum Gasteiger partial charge on any atom is 0.303 e. The molecule has 1 aliphatic rings. The van der Waals surface area contributed by atoms with Gasteiger partial charge in [-0.15, -0.1) is 16.2 Å². The molecule has 12 heteroatoms. The number of carboxylic acids is 1. The van der Waals surface area contributed by atoms with E-state index in [1.54, 1.807) is 5.38 Å². The monoisotopic (exact) mass is 440 g/mol. The van der Waals surface area contributed by atoms with Crippen LogP contribution in [-0.2, 0) is 26.0 Å². The van der Waals surface area contributed by atoms with Gasteiger partial charge in [-0.25, -0.2) is 13.4 Å². The van der Waals surface area contributed by atoms with Crippen molar-refractivity contribution in [3.8, 4) is 0 Å². The fourth-order valence-electron chi connectivity index (χ4n) is 2.59. The number of rotatable bonds is 8. The second-order valence-corrected chi connectivity index (χ2v) is 8.73. The molecular formula is C17H20N4O6S2. The highest BCUT2D eigenvalue weighted by Crippen LogP contribution is 2.21. The number of anilines is 1. The Labute approximate surface area is 171 Å². The zero-order chi connectivity index (χ0) is 20.9. The van der Waals surface area contributed by atoms with Crippen LogP contribution in [0.5, 0.6) is 0 Å². The van der Waals surface area contributed by atoms with Crippen molar-refractivity contribution in [2.45, 2.75) is 17.7 Å². The van der Waals surface area contributed by atoms with Crippen molar-refractivity contribution < 1.29 is 27.9 Å². The number of sulfonamides is 1. The third-order valence-electron chi connectivity index (χ3n) is 4.17. The number of thiazole rings is 1. The maximum atomic E-state index is 12.3. The predicted octanol–water partition coefficient (Wildman–Crippen LogP) is 0.620. The Morgan fingerprint density at radius 3 is 2.55 bits per heavy atom. The van der Waals surface area contributed by atoms with Crippen molar-refractivity contribution in [1.29, 1.82) is 0 Å². The smallest absolute Gasteiger partial charge is 0.303 e. The molecule has 2 aromatic rings. The Kier molecular flexibility index (Phi) is 6.79. The van der Waals surface area contributed by atoms with Crippen LogP contribution in [0.25, 0.3) is 0 Å². The number of nitrogens with zero attached hydrogens (tertiary/aromatic N) is 2. The van der Waals surface area contributed by atoms with Gasteiger partial charge in [-0.2, -0.15) is 0 Å². The van der Waals surface area contributed by atoms with E-state index in [0.29, 0.717) is 43.4 Å². The number of aromatic nitrogens is 1. The largest absolute Gasteiger partial charge is 0.481 e. The molecule has 0 spiro atoms. The van der Waals surface area contributed by atoms with Crippen LogP contribution in [0.2, 0.25) is 0 Å². The lowest BCUT2D eigenvalue weighted by Crippen LogP contribution is -2.41. The minimum Gasteiger partial charge on any atom is -0.481 e. The first-order chi connectivity index (χ1) is 13.8. The van der Waals surface area contributed by atoms with Crippen LogP contribution in [-0.4, -0.2) is 56.7 Å². The Hall–Kier alpha value is -2.54. The van der Waals surface area contributed by atoms with E-state index < -0.39 is 21.9 Å². The molecule has 1 aromatic heterocycles. The van der Waals surface area contributed by atoms with Crippen molar-refractivity contribution in [1.82, 2.24) is 15.2 Å². The normalized spacial score (nSPS) is 14.6. The van der Waals surface area contributed by atoms with E-state index in [1.807, 2.05) is 9.73 Å². The summed E-state index contributed by atoms with van der Waals surface area (Å²) < 4.78 is 30.0. The van der Waals surface area contributed by atoms with E-state index in [-0.39, 0.29) is 17.0 Å². The number of hydrogen-bond acceptors (Lipinski definition) is 8. The Balaban J connectivity index is 1.57. The number of carboxylic acid groups (broad SMARTS) is 1. The summed E-state index contributed by atoms with van der Waals surface area (Å²) in [6, 6.07) is 5.78. The first-order valence-electron chi connectivity index (χ1n) is 8.76. The molecule has 0 atom stereocenters. The van der Waals surface area contributed by atoms with E-state index in [9.17, 15) is 18.0 Å². The first-order valence-corrected chi connectivity index (χ1v) is 11.1. The summed E-state index contributed by atoms with van der Waals surface area (Å²) in [7, 11) is -3.97. The van der Waals surface area contributed by atoms with Crippen molar-refractivity contribution >= 4 is 38.4 Å². The number of morpholine rings is 1.